The lowest BCUT2D eigenvalue weighted by Gasteiger charge is -2.22. The number of sulfonamides is 1. The zero-order chi connectivity index (χ0) is 23.5. The Bertz CT molecular complexity index is 1190. The molecule has 0 bridgehead atoms. The van der Waals surface area contributed by atoms with Crippen LogP contribution in [0.4, 0.5) is 4.39 Å². The van der Waals surface area contributed by atoms with Crippen LogP contribution < -0.4 is 4.72 Å². The van der Waals surface area contributed by atoms with Crippen molar-refractivity contribution in [2.45, 2.75) is 44.7 Å². The summed E-state index contributed by atoms with van der Waals surface area (Å²) in [5.41, 5.74) is 1.79. The lowest BCUT2D eigenvalue weighted by Crippen LogP contribution is -2.45. The topological polar surface area (TPSA) is 111 Å². The smallest absolute Gasteiger partial charge is 0.325 e. The maximum Gasteiger partial charge on any atom is 0.325 e. The first kappa shape index (κ1) is 23.6. The van der Waals surface area contributed by atoms with Gasteiger partial charge in [-0.25, -0.2) is 12.8 Å². The third kappa shape index (κ3) is 5.38. The zero-order valence-corrected chi connectivity index (χ0v) is 18.9. The van der Waals surface area contributed by atoms with Gasteiger partial charge in [0.1, 0.15) is 16.8 Å². The van der Waals surface area contributed by atoms with E-state index in [9.17, 15) is 17.6 Å². The Labute approximate surface area is 185 Å². The highest BCUT2D eigenvalue weighted by molar-refractivity contribution is 7.89. The van der Waals surface area contributed by atoms with Gasteiger partial charge in [-0.3, -0.25) is 4.79 Å². The van der Waals surface area contributed by atoms with Gasteiger partial charge in [-0.05, 0) is 44.0 Å². The fourth-order valence-electron chi connectivity index (χ4n) is 2.86. The number of nitrogens with one attached hydrogen (secondary N) is 1. The molecule has 0 saturated carbocycles. The standard InChI is InChI=1S/C22H24FN3O5S/c1-13(2)19(26-32(28,29)18-8-6-5-7-17(18)23)22(27)30-15(4)20-24-25-21(31-20)16-11-9-14(3)10-12-16/h5-13,15,19,26H,1-4H3/t15?,19-/m0/s1. The van der Waals surface area contributed by atoms with Crippen LogP contribution in [0.3, 0.4) is 0 Å². The van der Waals surface area contributed by atoms with Crippen molar-refractivity contribution in [1.82, 2.24) is 14.9 Å². The minimum Gasteiger partial charge on any atom is -0.451 e. The second-order valence-corrected chi connectivity index (χ2v) is 9.35. The average molecular weight is 462 g/mol. The van der Waals surface area contributed by atoms with Gasteiger partial charge in [-0.2, -0.15) is 4.72 Å². The summed E-state index contributed by atoms with van der Waals surface area (Å²) in [4.78, 5) is 12.2. The van der Waals surface area contributed by atoms with Crippen molar-refractivity contribution < 1.29 is 26.8 Å². The van der Waals surface area contributed by atoms with E-state index in [1.54, 1.807) is 13.8 Å². The highest BCUT2D eigenvalue weighted by Crippen LogP contribution is 2.24. The molecule has 1 unspecified atom stereocenters. The molecule has 2 aromatic carbocycles. The number of halogens is 1. The number of benzene rings is 2. The Morgan fingerprint density at radius 1 is 1.06 bits per heavy atom. The number of ether oxygens (including phenoxy) is 1. The van der Waals surface area contributed by atoms with E-state index >= 15 is 0 Å². The van der Waals surface area contributed by atoms with E-state index in [4.69, 9.17) is 9.15 Å². The molecule has 0 aliphatic carbocycles. The minimum absolute atomic E-state index is 0.0633. The second-order valence-electron chi connectivity index (χ2n) is 7.66. The molecule has 10 heteroatoms. The van der Waals surface area contributed by atoms with Crippen molar-refractivity contribution in [2.75, 3.05) is 0 Å². The first-order valence-electron chi connectivity index (χ1n) is 9.96. The maximum atomic E-state index is 14.0. The van der Waals surface area contributed by atoms with E-state index < -0.39 is 44.8 Å². The number of aromatic nitrogens is 2. The van der Waals surface area contributed by atoms with Crippen molar-refractivity contribution in [3.63, 3.8) is 0 Å². The van der Waals surface area contributed by atoms with Gasteiger partial charge in [0.15, 0.2) is 6.10 Å². The van der Waals surface area contributed by atoms with Crippen LogP contribution in [0.2, 0.25) is 0 Å². The maximum absolute atomic E-state index is 14.0. The Hall–Kier alpha value is -3.11. The van der Waals surface area contributed by atoms with Crippen molar-refractivity contribution in [1.29, 1.82) is 0 Å². The molecule has 3 aromatic rings. The molecule has 0 aliphatic heterocycles. The van der Waals surface area contributed by atoms with Crippen LogP contribution in [0.15, 0.2) is 57.8 Å². The zero-order valence-electron chi connectivity index (χ0n) is 18.1. The molecule has 0 amide bonds. The molecule has 0 aliphatic rings. The summed E-state index contributed by atoms with van der Waals surface area (Å²) >= 11 is 0. The van der Waals surface area contributed by atoms with E-state index in [-0.39, 0.29) is 11.8 Å². The van der Waals surface area contributed by atoms with Gasteiger partial charge < -0.3 is 9.15 Å². The predicted molar refractivity (Wildman–Crippen MR) is 114 cm³/mol. The minimum atomic E-state index is -4.29. The summed E-state index contributed by atoms with van der Waals surface area (Å²) in [6.07, 6.45) is -0.923. The van der Waals surface area contributed by atoms with Gasteiger partial charge in [0, 0.05) is 5.56 Å². The van der Waals surface area contributed by atoms with Crippen LogP contribution in [0.25, 0.3) is 11.5 Å². The summed E-state index contributed by atoms with van der Waals surface area (Å²) in [6, 6.07) is 11.1. The van der Waals surface area contributed by atoms with Crippen molar-refractivity contribution in [2.24, 2.45) is 5.92 Å². The molecule has 170 valence electrons. The molecule has 1 N–H and O–H groups in total. The van der Waals surface area contributed by atoms with Crippen molar-refractivity contribution in [3.8, 4) is 11.5 Å². The number of carbonyl (C=O) groups is 1. The van der Waals surface area contributed by atoms with E-state index in [0.717, 1.165) is 17.7 Å². The fourth-order valence-corrected chi connectivity index (χ4v) is 4.27. The molecular formula is C22H24FN3O5S. The summed E-state index contributed by atoms with van der Waals surface area (Å²) < 4.78 is 52.4. The number of esters is 1. The van der Waals surface area contributed by atoms with E-state index in [0.29, 0.717) is 5.56 Å². The Balaban J connectivity index is 1.73. The quantitative estimate of drug-likeness (QED) is 0.508. The monoisotopic (exact) mass is 461 g/mol. The highest BCUT2D eigenvalue weighted by atomic mass is 32.2. The summed E-state index contributed by atoms with van der Waals surface area (Å²) in [7, 11) is -4.29. The van der Waals surface area contributed by atoms with Crippen LogP contribution >= 0.6 is 0 Å². The van der Waals surface area contributed by atoms with Crippen LogP contribution in [-0.4, -0.2) is 30.6 Å². The largest absolute Gasteiger partial charge is 0.451 e. The van der Waals surface area contributed by atoms with Crippen LogP contribution in [0.5, 0.6) is 0 Å². The average Bonchev–Trinajstić information content (AvgIpc) is 3.23. The van der Waals surface area contributed by atoms with Crippen LogP contribution in [0, 0.1) is 18.7 Å². The molecule has 32 heavy (non-hydrogen) atoms. The number of hydrogen-bond acceptors (Lipinski definition) is 7. The molecule has 8 nitrogen and oxygen atoms in total. The molecule has 1 heterocycles. The highest BCUT2D eigenvalue weighted by Gasteiger charge is 2.32. The lowest BCUT2D eigenvalue weighted by atomic mass is 10.1. The molecule has 0 fully saturated rings. The first-order valence-corrected chi connectivity index (χ1v) is 11.4. The normalized spacial score (nSPS) is 13.7. The van der Waals surface area contributed by atoms with Gasteiger partial charge in [0.25, 0.3) is 5.89 Å². The second kappa shape index (κ2) is 9.58. The van der Waals surface area contributed by atoms with Crippen LogP contribution in [-0.2, 0) is 19.6 Å². The summed E-state index contributed by atoms with van der Waals surface area (Å²) in [6.45, 7) is 6.77. The summed E-state index contributed by atoms with van der Waals surface area (Å²) in [5, 5.41) is 7.90. The van der Waals surface area contributed by atoms with Crippen molar-refractivity contribution >= 4 is 16.0 Å². The molecule has 0 radical (unpaired) electrons. The molecule has 0 spiro atoms. The third-order valence-electron chi connectivity index (χ3n) is 4.71. The molecular weight excluding hydrogens is 437 g/mol. The van der Waals surface area contributed by atoms with Gasteiger partial charge in [-0.1, -0.05) is 43.7 Å². The van der Waals surface area contributed by atoms with Gasteiger partial charge in [0.2, 0.25) is 15.9 Å². The Morgan fingerprint density at radius 2 is 1.72 bits per heavy atom. The van der Waals surface area contributed by atoms with E-state index in [2.05, 4.69) is 14.9 Å². The Kier molecular flexibility index (Phi) is 7.05. The third-order valence-corrected chi connectivity index (χ3v) is 6.18. The van der Waals surface area contributed by atoms with Crippen LogP contribution in [0.1, 0.15) is 38.3 Å². The molecule has 3 rings (SSSR count). The number of carbonyl (C=O) groups excluding carboxylic acids is 1. The SMILES string of the molecule is Cc1ccc(-c2nnc(C(C)OC(=O)[C@@H](NS(=O)(=O)c3ccccc3F)C(C)C)o2)cc1. The fraction of sp³-hybridized carbons (Fsp3) is 0.318. The summed E-state index contributed by atoms with van der Waals surface area (Å²) in [5.74, 6) is -1.90. The number of rotatable bonds is 8. The predicted octanol–water partition coefficient (Wildman–Crippen LogP) is 3.79. The molecule has 1 aromatic heterocycles. The number of hydrogen-bond donors (Lipinski definition) is 1. The van der Waals surface area contributed by atoms with E-state index in [1.165, 1.54) is 19.1 Å². The molecule has 2 atom stereocenters. The van der Waals surface area contributed by atoms with Crippen molar-refractivity contribution in [3.05, 3.63) is 65.8 Å². The van der Waals surface area contributed by atoms with E-state index in [1.807, 2.05) is 31.2 Å². The first-order chi connectivity index (χ1) is 15.1. The number of aryl methyl sites for hydroxylation is 1. The number of nitrogens with zero attached hydrogens (tertiary/aromatic N) is 2. The van der Waals surface area contributed by atoms with Gasteiger partial charge in [-0.15, -0.1) is 10.2 Å². The van der Waals surface area contributed by atoms with Gasteiger partial charge >= 0.3 is 5.97 Å². The molecule has 0 saturated heterocycles. The Morgan fingerprint density at radius 3 is 2.34 bits per heavy atom. The van der Waals surface area contributed by atoms with Gasteiger partial charge in [0.05, 0.1) is 0 Å². The lowest BCUT2D eigenvalue weighted by molar-refractivity contribution is -0.152.